The number of hydrogen-bond donors (Lipinski definition) is 1. The first-order valence-corrected chi connectivity index (χ1v) is 3.32. The second-order valence-corrected chi connectivity index (χ2v) is 2.27. The molecule has 0 spiro atoms. The number of rotatable bonds is 0. The molecule has 1 aromatic rings. The fraction of sp³-hybridized carbons (Fsp3) is 0. The predicted molar refractivity (Wildman–Crippen MR) is 43.5 cm³/mol. The first-order chi connectivity index (χ1) is 4.97. The van der Waals surface area contributed by atoms with Crippen LogP contribution in [0, 0.1) is 0 Å². The van der Waals surface area contributed by atoms with E-state index in [0.29, 0.717) is 0 Å². The Morgan fingerprint density at radius 2 is 1.90 bits per heavy atom. The van der Waals surface area contributed by atoms with Crippen LogP contribution in [0.2, 0.25) is 0 Å². The zero-order valence-electron chi connectivity index (χ0n) is 5.54. The zero-order valence-corrected chi connectivity index (χ0v) is 5.54. The van der Waals surface area contributed by atoms with Crippen LogP contribution in [0.25, 0.3) is 12.2 Å². The quantitative estimate of drug-likeness (QED) is 0.459. The molecule has 0 aromatic heterocycles. The highest BCUT2D eigenvalue weighted by atomic mass is 14.7. The first-order valence-electron chi connectivity index (χ1n) is 3.32. The molecule has 1 aliphatic heterocycles. The molecule has 0 atom stereocenters. The van der Waals surface area contributed by atoms with E-state index in [4.69, 9.17) is 0 Å². The Morgan fingerprint density at radius 1 is 1.10 bits per heavy atom. The summed E-state index contributed by atoms with van der Waals surface area (Å²) in [5.74, 6) is 2.06. The summed E-state index contributed by atoms with van der Waals surface area (Å²) in [6.45, 7) is 0. The van der Waals surface area contributed by atoms with Gasteiger partial charge in [0.1, 0.15) is 0 Å². The Hall–Kier alpha value is -1.18. The minimum atomic E-state index is 1.25. The van der Waals surface area contributed by atoms with Gasteiger partial charge >= 0.3 is 0 Å². The van der Waals surface area contributed by atoms with E-state index in [1.807, 2.05) is 25.7 Å². The van der Waals surface area contributed by atoms with E-state index in [-0.39, 0.29) is 0 Å². The minimum Gasteiger partial charge on any atom is -0.434 e. The first kappa shape index (κ1) is 5.60. The summed E-state index contributed by atoms with van der Waals surface area (Å²) in [5.41, 5.74) is 0. The van der Waals surface area contributed by atoms with Gasteiger partial charge in [-0.05, 0) is 16.6 Å². The number of nitrogens with one attached hydrogen (secondary N) is 1. The molecule has 0 unspecified atom stereocenters. The van der Waals surface area contributed by atoms with Gasteiger partial charge in [0.15, 0.2) is 0 Å². The molecule has 0 bridgehead atoms. The van der Waals surface area contributed by atoms with Gasteiger partial charge in [-0.25, -0.2) is 0 Å². The van der Waals surface area contributed by atoms with Crippen molar-refractivity contribution < 1.29 is 0 Å². The maximum atomic E-state index is 3.04. The highest BCUT2D eigenvalue weighted by Crippen LogP contribution is 1.73. The van der Waals surface area contributed by atoms with Crippen molar-refractivity contribution in [3.8, 4) is 0 Å². The lowest BCUT2D eigenvalue weighted by molar-refractivity contribution is 1.40. The Balaban J connectivity index is 2.84. The van der Waals surface area contributed by atoms with Crippen LogP contribution in [0.4, 0.5) is 0 Å². The van der Waals surface area contributed by atoms with Crippen molar-refractivity contribution in [3.63, 3.8) is 0 Å². The Kier molecular flexibility index (Phi) is 1.24. The Labute approximate surface area is 60.3 Å². The van der Waals surface area contributed by atoms with E-state index < -0.39 is 0 Å². The van der Waals surface area contributed by atoms with Crippen LogP contribution in [0.5, 0.6) is 0 Å². The molecule has 0 saturated heterocycles. The third-order valence-electron chi connectivity index (χ3n) is 1.59. The molecule has 0 aliphatic carbocycles. The van der Waals surface area contributed by atoms with Crippen LogP contribution in [-0.4, -0.2) is 7.41 Å². The zero-order chi connectivity index (χ0) is 6.81. The minimum absolute atomic E-state index is 1.25. The molecule has 1 nitrogen and oxygen atoms in total. The molecule has 1 aliphatic rings. The van der Waals surface area contributed by atoms with Crippen LogP contribution in [0.3, 0.4) is 0 Å². The van der Waals surface area contributed by atoms with E-state index in [0.717, 1.165) is 0 Å². The average Bonchev–Trinajstić information content (AvgIpc) is 2.05. The van der Waals surface area contributed by atoms with Crippen LogP contribution in [0.1, 0.15) is 0 Å². The topological polar surface area (TPSA) is 12.0 Å². The molecule has 1 radical (unpaired) electrons. The lowest BCUT2D eigenvalue weighted by Gasteiger charge is -1.98. The molecule has 1 aromatic carbocycles. The Morgan fingerprint density at radius 3 is 2.70 bits per heavy atom. The Bertz CT molecular complexity index is 308. The summed E-state index contributed by atoms with van der Waals surface area (Å²) >= 11 is 0. The molecule has 2 heteroatoms. The van der Waals surface area contributed by atoms with Gasteiger partial charge in [0, 0.05) is 0 Å². The van der Waals surface area contributed by atoms with Crippen LogP contribution >= 0.6 is 0 Å². The smallest absolute Gasteiger partial charge is 0.274 e. The van der Waals surface area contributed by atoms with Crippen molar-refractivity contribution in [2.45, 2.75) is 0 Å². The maximum absolute atomic E-state index is 3.04. The fourth-order valence-electron chi connectivity index (χ4n) is 1.07. The van der Waals surface area contributed by atoms with Crippen molar-refractivity contribution in [2.24, 2.45) is 0 Å². The molecule has 0 fully saturated rings. The van der Waals surface area contributed by atoms with Gasteiger partial charge < -0.3 is 5.23 Å². The largest absolute Gasteiger partial charge is 0.434 e. The summed E-state index contributed by atoms with van der Waals surface area (Å²) in [5, 5.41) is 5.57. The lowest BCUT2D eigenvalue weighted by atomic mass is 9.90. The van der Waals surface area contributed by atoms with Crippen LogP contribution < -0.4 is 15.7 Å². The normalized spacial score (nSPS) is 13.2. The molecule has 1 N–H and O–H groups in total. The van der Waals surface area contributed by atoms with Gasteiger partial charge in [-0.2, -0.15) is 0 Å². The molecule has 0 amide bonds. The second kappa shape index (κ2) is 2.22. The summed E-state index contributed by atoms with van der Waals surface area (Å²) in [6, 6.07) is 8.27. The highest BCUT2D eigenvalue weighted by molar-refractivity contribution is 6.51. The fourth-order valence-corrected chi connectivity index (χ4v) is 1.07. The number of benzene rings is 1. The lowest BCUT2D eigenvalue weighted by Crippen LogP contribution is -2.33. The van der Waals surface area contributed by atoms with Gasteiger partial charge in [-0.15, -0.1) is 0 Å². The molecule has 10 heavy (non-hydrogen) atoms. The van der Waals surface area contributed by atoms with E-state index in [2.05, 4.69) is 23.3 Å². The SMILES string of the molecule is [B]1C=c2ccccc2=CN1. The molecule has 47 valence electrons. The molecule has 1 heterocycles. The average molecular weight is 128 g/mol. The second-order valence-electron chi connectivity index (χ2n) is 2.27. The van der Waals surface area contributed by atoms with Gasteiger partial charge in [0.05, 0.1) is 0 Å². The number of hydrogen-bond acceptors (Lipinski definition) is 1. The summed E-state index contributed by atoms with van der Waals surface area (Å²) in [4.78, 5) is 0. The third-order valence-corrected chi connectivity index (χ3v) is 1.59. The van der Waals surface area contributed by atoms with E-state index in [1.165, 1.54) is 10.4 Å². The predicted octanol–water partition coefficient (Wildman–Crippen LogP) is -0.615. The van der Waals surface area contributed by atoms with Crippen LogP contribution in [-0.2, 0) is 0 Å². The molecule has 0 saturated carbocycles. The number of fused-ring (bicyclic) bond motifs is 1. The molecular weight excluding hydrogens is 121 g/mol. The highest BCUT2D eigenvalue weighted by Gasteiger charge is 1.89. The third kappa shape index (κ3) is 0.818. The standard InChI is InChI=1S/C8H7BN/c1-2-4-8-6-10-9-5-7(8)3-1/h1-6,10H. The van der Waals surface area contributed by atoms with Crippen molar-refractivity contribution in [2.75, 3.05) is 0 Å². The maximum Gasteiger partial charge on any atom is 0.274 e. The van der Waals surface area contributed by atoms with Gasteiger partial charge in [0.25, 0.3) is 7.41 Å². The van der Waals surface area contributed by atoms with E-state index in [1.54, 1.807) is 0 Å². The summed E-state index contributed by atoms with van der Waals surface area (Å²) in [7, 11) is 1.93. The monoisotopic (exact) mass is 128 g/mol. The van der Waals surface area contributed by atoms with Crippen molar-refractivity contribution in [1.82, 2.24) is 5.23 Å². The van der Waals surface area contributed by atoms with Gasteiger partial charge in [-0.1, -0.05) is 30.2 Å². The molecular formula is C8H7BN. The van der Waals surface area contributed by atoms with Crippen LogP contribution in [0.15, 0.2) is 24.3 Å². The van der Waals surface area contributed by atoms with Gasteiger partial charge in [-0.3, -0.25) is 0 Å². The van der Waals surface area contributed by atoms with Crippen molar-refractivity contribution >= 4 is 19.6 Å². The van der Waals surface area contributed by atoms with Gasteiger partial charge in [0.2, 0.25) is 0 Å². The van der Waals surface area contributed by atoms with Crippen molar-refractivity contribution in [1.29, 1.82) is 0 Å². The summed E-state index contributed by atoms with van der Waals surface area (Å²) < 4.78 is 0. The van der Waals surface area contributed by atoms with E-state index in [9.17, 15) is 0 Å². The van der Waals surface area contributed by atoms with Crippen molar-refractivity contribution in [3.05, 3.63) is 34.7 Å². The van der Waals surface area contributed by atoms with E-state index >= 15 is 0 Å². The molecule has 2 rings (SSSR count). The summed E-state index contributed by atoms with van der Waals surface area (Å²) in [6.07, 6.45) is 2.00.